The summed E-state index contributed by atoms with van der Waals surface area (Å²) >= 11 is 1.29. The van der Waals surface area contributed by atoms with Gasteiger partial charge in [0.05, 0.1) is 18.2 Å². The number of amides is 1. The van der Waals surface area contributed by atoms with Gasteiger partial charge in [-0.25, -0.2) is 4.79 Å². The minimum absolute atomic E-state index is 0.144. The molecule has 0 aliphatic rings. The molecule has 3 N–H and O–H groups in total. The Balaban J connectivity index is 2.87. The molecule has 1 atom stereocenters. The second-order valence-electron chi connectivity index (χ2n) is 3.82. The molecule has 0 fully saturated rings. The number of carbonyl (C=O) groups is 2. The fourth-order valence-corrected chi connectivity index (χ4v) is 2.29. The first kappa shape index (κ1) is 15.2. The third-order valence-electron chi connectivity index (χ3n) is 2.26. The van der Waals surface area contributed by atoms with Crippen LogP contribution < -0.4 is 11.1 Å². The predicted octanol–water partition coefficient (Wildman–Crippen LogP) is 1.52. The molecule has 1 unspecified atom stereocenters. The lowest BCUT2D eigenvalue weighted by Crippen LogP contribution is -2.35. The SMILES string of the molecule is C#CCC(N)C(=O)Nc1sc(C)cc1C(=O)OCC. The Morgan fingerprint density at radius 2 is 2.32 bits per heavy atom. The number of thiophene rings is 1. The molecule has 0 saturated carbocycles. The number of aryl methyl sites for hydroxylation is 1. The summed E-state index contributed by atoms with van der Waals surface area (Å²) in [5.74, 6) is 1.45. The molecule has 0 aromatic carbocycles. The highest BCUT2D eigenvalue weighted by Crippen LogP contribution is 2.28. The molecule has 0 aliphatic carbocycles. The summed E-state index contributed by atoms with van der Waals surface area (Å²) in [4.78, 5) is 24.4. The average Bonchev–Trinajstić information content (AvgIpc) is 2.71. The standard InChI is InChI=1S/C13H16N2O3S/c1-4-6-10(14)11(16)15-12-9(7-8(3)19-12)13(17)18-5-2/h1,7,10H,5-6,14H2,2-3H3,(H,15,16). The van der Waals surface area contributed by atoms with Crippen LogP contribution in [0.1, 0.15) is 28.6 Å². The van der Waals surface area contributed by atoms with Crippen LogP contribution in [0.25, 0.3) is 0 Å². The van der Waals surface area contributed by atoms with E-state index in [4.69, 9.17) is 16.9 Å². The van der Waals surface area contributed by atoms with E-state index in [2.05, 4.69) is 11.2 Å². The lowest BCUT2D eigenvalue weighted by atomic mass is 10.2. The van der Waals surface area contributed by atoms with Gasteiger partial charge < -0.3 is 15.8 Å². The Labute approximate surface area is 116 Å². The predicted molar refractivity (Wildman–Crippen MR) is 75.1 cm³/mol. The molecule has 1 heterocycles. The van der Waals surface area contributed by atoms with Gasteiger partial charge in [0.1, 0.15) is 5.00 Å². The summed E-state index contributed by atoms with van der Waals surface area (Å²) in [6, 6.07) is 0.882. The number of nitrogens with one attached hydrogen (secondary N) is 1. The topological polar surface area (TPSA) is 81.4 Å². The smallest absolute Gasteiger partial charge is 0.341 e. The van der Waals surface area contributed by atoms with E-state index in [9.17, 15) is 9.59 Å². The van der Waals surface area contributed by atoms with E-state index in [0.29, 0.717) is 10.6 Å². The van der Waals surface area contributed by atoms with Gasteiger partial charge in [-0.15, -0.1) is 23.7 Å². The van der Waals surface area contributed by atoms with Crippen LogP contribution in [0.3, 0.4) is 0 Å². The molecule has 1 aromatic rings. The van der Waals surface area contributed by atoms with Crippen molar-refractivity contribution in [1.29, 1.82) is 0 Å². The van der Waals surface area contributed by atoms with Crippen molar-refractivity contribution in [2.75, 3.05) is 11.9 Å². The van der Waals surface area contributed by atoms with E-state index < -0.39 is 17.9 Å². The maximum absolute atomic E-state index is 11.8. The Morgan fingerprint density at radius 3 is 2.89 bits per heavy atom. The number of rotatable bonds is 5. The van der Waals surface area contributed by atoms with Gasteiger partial charge in [-0.05, 0) is 19.9 Å². The van der Waals surface area contributed by atoms with Gasteiger partial charge in [0.25, 0.3) is 0 Å². The molecular formula is C13H16N2O3S. The number of terminal acetylenes is 1. The molecule has 0 saturated heterocycles. The van der Waals surface area contributed by atoms with Gasteiger partial charge in [-0.2, -0.15) is 0 Å². The third kappa shape index (κ3) is 4.09. The lowest BCUT2D eigenvalue weighted by Gasteiger charge is -2.09. The average molecular weight is 280 g/mol. The van der Waals surface area contributed by atoms with E-state index in [0.717, 1.165) is 4.88 Å². The Hall–Kier alpha value is -1.84. The molecule has 102 valence electrons. The molecule has 1 aromatic heterocycles. The Kier molecular flexibility index (Phi) is 5.55. The van der Waals surface area contributed by atoms with E-state index >= 15 is 0 Å². The van der Waals surface area contributed by atoms with Crippen molar-refractivity contribution in [3.05, 3.63) is 16.5 Å². The normalized spacial score (nSPS) is 11.5. The lowest BCUT2D eigenvalue weighted by molar-refractivity contribution is -0.117. The third-order valence-corrected chi connectivity index (χ3v) is 3.23. The molecule has 0 spiro atoms. The van der Waals surface area contributed by atoms with Gasteiger partial charge in [0, 0.05) is 11.3 Å². The van der Waals surface area contributed by atoms with Crippen molar-refractivity contribution in [1.82, 2.24) is 0 Å². The summed E-state index contributed by atoms with van der Waals surface area (Å²) in [6.45, 7) is 3.83. The number of esters is 1. The highest BCUT2D eigenvalue weighted by atomic mass is 32.1. The summed E-state index contributed by atoms with van der Waals surface area (Å²) in [5, 5.41) is 3.05. The van der Waals surface area contributed by atoms with Crippen molar-refractivity contribution in [2.45, 2.75) is 26.3 Å². The van der Waals surface area contributed by atoms with Crippen molar-refractivity contribution in [3.63, 3.8) is 0 Å². The maximum Gasteiger partial charge on any atom is 0.341 e. The van der Waals surface area contributed by atoms with Gasteiger partial charge in [-0.3, -0.25) is 4.79 Å². The second-order valence-corrected chi connectivity index (χ2v) is 5.08. The number of hydrogen-bond donors (Lipinski definition) is 2. The fourth-order valence-electron chi connectivity index (χ4n) is 1.39. The van der Waals surface area contributed by atoms with Gasteiger partial charge in [0.2, 0.25) is 5.91 Å². The number of anilines is 1. The van der Waals surface area contributed by atoms with E-state index in [1.165, 1.54) is 11.3 Å². The molecule has 0 radical (unpaired) electrons. The van der Waals surface area contributed by atoms with Crippen LogP contribution in [0.15, 0.2) is 6.07 Å². The zero-order valence-electron chi connectivity index (χ0n) is 10.9. The van der Waals surface area contributed by atoms with Crippen LogP contribution in [-0.2, 0) is 9.53 Å². The second kappa shape index (κ2) is 6.92. The molecule has 19 heavy (non-hydrogen) atoms. The van der Waals surface area contributed by atoms with E-state index in [1.807, 2.05) is 6.92 Å². The van der Waals surface area contributed by atoms with Crippen molar-refractivity contribution in [3.8, 4) is 12.3 Å². The largest absolute Gasteiger partial charge is 0.462 e. The summed E-state index contributed by atoms with van der Waals surface area (Å²) in [6.07, 6.45) is 5.24. The number of hydrogen-bond acceptors (Lipinski definition) is 5. The first-order valence-electron chi connectivity index (χ1n) is 5.77. The monoisotopic (exact) mass is 280 g/mol. The molecule has 6 heteroatoms. The quantitative estimate of drug-likeness (QED) is 0.633. The van der Waals surface area contributed by atoms with Crippen LogP contribution in [0.5, 0.6) is 0 Å². The number of nitrogens with two attached hydrogens (primary N) is 1. The van der Waals surface area contributed by atoms with Crippen LogP contribution in [0.2, 0.25) is 0 Å². The minimum atomic E-state index is -0.789. The fraction of sp³-hybridized carbons (Fsp3) is 0.385. The van der Waals surface area contributed by atoms with Crippen molar-refractivity contribution < 1.29 is 14.3 Å². The zero-order valence-corrected chi connectivity index (χ0v) is 11.7. The van der Waals surface area contributed by atoms with Crippen LogP contribution in [0, 0.1) is 19.3 Å². The number of ether oxygens (including phenoxy) is 1. The van der Waals surface area contributed by atoms with E-state index in [1.54, 1.807) is 13.0 Å². The first-order valence-corrected chi connectivity index (χ1v) is 6.58. The highest BCUT2D eigenvalue weighted by Gasteiger charge is 2.20. The van der Waals surface area contributed by atoms with Crippen molar-refractivity contribution >= 4 is 28.2 Å². The maximum atomic E-state index is 11.8. The first-order chi connectivity index (χ1) is 8.99. The van der Waals surface area contributed by atoms with Gasteiger partial charge in [-0.1, -0.05) is 0 Å². The summed E-state index contributed by atoms with van der Waals surface area (Å²) in [7, 11) is 0. The number of carbonyl (C=O) groups excluding carboxylic acids is 2. The Morgan fingerprint density at radius 1 is 1.63 bits per heavy atom. The highest BCUT2D eigenvalue weighted by molar-refractivity contribution is 7.16. The molecule has 0 bridgehead atoms. The van der Waals surface area contributed by atoms with Crippen molar-refractivity contribution in [2.24, 2.45) is 5.73 Å². The van der Waals surface area contributed by atoms with Crippen LogP contribution in [0.4, 0.5) is 5.00 Å². The van der Waals surface area contributed by atoms with Gasteiger partial charge in [0.15, 0.2) is 0 Å². The van der Waals surface area contributed by atoms with Crippen LogP contribution in [-0.4, -0.2) is 24.5 Å². The summed E-state index contributed by atoms with van der Waals surface area (Å²) < 4.78 is 4.92. The van der Waals surface area contributed by atoms with E-state index in [-0.39, 0.29) is 13.0 Å². The molecule has 1 amide bonds. The Bertz CT molecular complexity index is 516. The van der Waals surface area contributed by atoms with Gasteiger partial charge >= 0.3 is 5.97 Å². The van der Waals surface area contributed by atoms with Crippen LogP contribution >= 0.6 is 11.3 Å². The minimum Gasteiger partial charge on any atom is -0.462 e. The molecule has 1 rings (SSSR count). The molecule has 5 nitrogen and oxygen atoms in total. The molecular weight excluding hydrogens is 264 g/mol. The zero-order chi connectivity index (χ0) is 14.4. The molecule has 0 aliphatic heterocycles. The summed E-state index contributed by atoms with van der Waals surface area (Å²) in [5.41, 5.74) is 5.94.